The van der Waals surface area contributed by atoms with Crippen LogP contribution in [0.3, 0.4) is 0 Å². The summed E-state index contributed by atoms with van der Waals surface area (Å²) in [4.78, 5) is 26.4. The number of nitrogens with zero attached hydrogens (tertiary/aromatic N) is 3. The lowest BCUT2D eigenvalue weighted by Crippen LogP contribution is -2.07. The third-order valence-corrected chi connectivity index (χ3v) is 5.31. The lowest BCUT2D eigenvalue weighted by Gasteiger charge is -2.12. The van der Waals surface area contributed by atoms with Gasteiger partial charge in [-0.25, -0.2) is 15.0 Å². The van der Waals surface area contributed by atoms with Crippen molar-refractivity contribution in [2.75, 3.05) is 5.32 Å². The Balaban J connectivity index is 1.68. The molecule has 2 aromatic heterocycles. The number of carbonyl (C=O) groups is 1. The molecule has 132 valence electrons. The van der Waals surface area contributed by atoms with Crippen molar-refractivity contribution < 1.29 is 4.79 Å². The summed E-state index contributed by atoms with van der Waals surface area (Å²) >= 11 is 0. The van der Waals surface area contributed by atoms with Crippen LogP contribution in [-0.4, -0.2) is 26.8 Å². The molecule has 3 aromatic rings. The van der Waals surface area contributed by atoms with Crippen molar-refractivity contribution in [3.05, 3.63) is 35.8 Å². The molecule has 0 atom stereocenters. The molecule has 1 N–H and O–H groups in total. The Kier molecular flexibility index (Phi) is 3.62. The Labute approximate surface area is 152 Å². The van der Waals surface area contributed by atoms with E-state index in [2.05, 4.69) is 10.3 Å². The number of benzene rings is 1. The molecule has 0 bridgehead atoms. The predicted molar refractivity (Wildman–Crippen MR) is 103 cm³/mol. The van der Waals surface area contributed by atoms with Gasteiger partial charge in [-0.2, -0.15) is 0 Å². The van der Waals surface area contributed by atoms with E-state index in [1.165, 1.54) is 25.7 Å². The molecule has 2 aliphatic rings. The second-order valence-corrected chi connectivity index (χ2v) is 7.58. The predicted octanol–water partition coefficient (Wildman–Crippen LogP) is 4.30. The molecule has 2 aliphatic carbocycles. The fourth-order valence-corrected chi connectivity index (χ4v) is 3.40. The molecule has 0 radical (unpaired) electrons. The van der Waals surface area contributed by atoms with Crippen LogP contribution in [0.15, 0.2) is 24.4 Å². The van der Waals surface area contributed by atoms with E-state index < -0.39 is 0 Å². The summed E-state index contributed by atoms with van der Waals surface area (Å²) in [6, 6.07) is 6.27. The molecule has 5 heteroatoms. The van der Waals surface area contributed by atoms with E-state index in [4.69, 9.17) is 9.97 Å². The molecular weight excluding hydrogens is 324 g/mol. The summed E-state index contributed by atoms with van der Waals surface area (Å²) < 4.78 is 0. The Morgan fingerprint density at radius 2 is 2.00 bits per heavy atom. The number of Topliss-reactive ketones (excluding diaryl/α,β-unsaturated/α-hetero) is 1. The Morgan fingerprint density at radius 1 is 1.15 bits per heavy atom. The largest absolute Gasteiger partial charge is 0.366 e. The molecule has 5 nitrogen and oxygen atoms in total. The first-order valence-corrected chi connectivity index (χ1v) is 9.60. The maximum atomic E-state index is 12.1. The van der Waals surface area contributed by atoms with Crippen molar-refractivity contribution in [3.8, 4) is 0 Å². The number of aromatic nitrogens is 3. The molecule has 5 rings (SSSR count). The molecule has 2 heterocycles. The van der Waals surface area contributed by atoms with E-state index in [0.717, 1.165) is 51.4 Å². The van der Waals surface area contributed by atoms with Crippen LogP contribution < -0.4 is 5.32 Å². The van der Waals surface area contributed by atoms with E-state index in [1.807, 2.05) is 31.3 Å². The van der Waals surface area contributed by atoms with Gasteiger partial charge in [0.05, 0.1) is 5.52 Å². The summed E-state index contributed by atoms with van der Waals surface area (Å²) in [5.74, 6) is 2.64. The van der Waals surface area contributed by atoms with E-state index in [9.17, 15) is 4.79 Å². The van der Waals surface area contributed by atoms with Gasteiger partial charge in [-0.05, 0) is 37.7 Å². The number of fused-ring (bicyclic) bond motifs is 3. The molecule has 0 aliphatic heterocycles. The van der Waals surface area contributed by atoms with Crippen LogP contribution in [0, 0.1) is 5.92 Å². The van der Waals surface area contributed by atoms with Crippen molar-refractivity contribution in [1.29, 1.82) is 0 Å². The molecule has 0 saturated heterocycles. The zero-order valence-electron chi connectivity index (χ0n) is 15.0. The molecule has 2 saturated carbocycles. The van der Waals surface area contributed by atoms with Crippen LogP contribution >= 0.6 is 0 Å². The van der Waals surface area contributed by atoms with Gasteiger partial charge in [0.15, 0.2) is 11.6 Å². The monoisotopic (exact) mass is 346 g/mol. The quantitative estimate of drug-likeness (QED) is 0.532. The van der Waals surface area contributed by atoms with Crippen LogP contribution in [0.4, 0.5) is 5.82 Å². The smallest absolute Gasteiger partial charge is 0.162 e. The highest BCUT2D eigenvalue weighted by atomic mass is 16.1. The van der Waals surface area contributed by atoms with Gasteiger partial charge < -0.3 is 5.32 Å². The SMILES string of the molecule is CCC(=O)c1ccc2c(c1)nc(NC1CC1)c1nc(CC3CC3)ncc12. The fourth-order valence-electron chi connectivity index (χ4n) is 3.40. The minimum Gasteiger partial charge on any atom is -0.366 e. The normalized spacial score (nSPS) is 17.0. The molecule has 0 spiro atoms. The molecule has 0 amide bonds. The summed E-state index contributed by atoms with van der Waals surface area (Å²) in [5, 5.41) is 5.54. The highest BCUT2D eigenvalue weighted by Crippen LogP contribution is 2.34. The number of hydrogen-bond acceptors (Lipinski definition) is 5. The van der Waals surface area contributed by atoms with Crippen LogP contribution in [0.2, 0.25) is 0 Å². The maximum Gasteiger partial charge on any atom is 0.162 e. The molecule has 2 fully saturated rings. The number of nitrogens with one attached hydrogen (secondary N) is 1. The second kappa shape index (κ2) is 6.01. The average molecular weight is 346 g/mol. The fraction of sp³-hybridized carbons (Fsp3) is 0.429. The molecule has 26 heavy (non-hydrogen) atoms. The minimum atomic E-state index is 0.140. The van der Waals surface area contributed by atoms with Crippen LogP contribution in [-0.2, 0) is 6.42 Å². The molecule has 0 unspecified atom stereocenters. The first kappa shape index (κ1) is 15.7. The summed E-state index contributed by atoms with van der Waals surface area (Å²) in [6.45, 7) is 1.88. The molecule has 1 aromatic carbocycles. The lowest BCUT2D eigenvalue weighted by molar-refractivity contribution is 0.0988. The topological polar surface area (TPSA) is 67.8 Å². The van der Waals surface area contributed by atoms with Crippen molar-refractivity contribution in [2.45, 2.75) is 51.5 Å². The van der Waals surface area contributed by atoms with E-state index in [1.54, 1.807) is 0 Å². The third kappa shape index (κ3) is 2.91. The first-order valence-electron chi connectivity index (χ1n) is 9.60. The number of hydrogen-bond donors (Lipinski definition) is 1. The van der Waals surface area contributed by atoms with Gasteiger partial charge in [-0.15, -0.1) is 0 Å². The Morgan fingerprint density at radius 3 is 2.73 bits per heavy atom. The van der Waals surface area contributed by atoms with Crippen molar-refractivity contribution >= 4 is 33.4 Å². The second-order valence-electron chi connectivity index (χ2n) is 7.58. The van der Waals surface area contributed by atoms with Gasteiger partial charge in [0, 0.05) is 41.4 Å². The van der Waals surface area contributed by atoms with Crippen molar-refractivity contribution in [2.24, 2.45) is 5.92 Å². The van der Waals surface area contributed by atoms with E-state index in [-0.39, 0.29) is 5.78 Å². The zero-order valence-corrected chi connectivity index (χ0v) is 15.0. The Hall–Kier alpha value is -2.56. The minimum absolute atomic E-state index is 0.140. The number of anilines is 1. The lowest BCUT2D eigenvalue weighted by atomic mass is 10.0. The van der Waals surface area contributed by atoms with Crippen molar-refractivity contribution in [1.82, 2.24) is 15.0 Å². The number of pyridine rings is 1. The van der Waals surface area contributed by atoms with Crippen LogP contribution in [0.25, 0.3) is 21.8 Å². The summed E-state index contributed by atoms with van der Waals surface area (Å²) in [7, 11) is 0. The van der Waals surface area contributed by atoms with Gasteiger partial charge in [-0.1, -0.05) is 19.1 Å². The van der Waals surface area contributed by atoms with Gasteiger partial charge in [0.1, 0.15) is 11.3 Å². The first-order chi connectivity index (χ1) is 12.7. The maximum absolute atomic E-state index is 12.1. The Bertz CT molecular complexity index is 1020. The van der Waals surface area contributed by atoms with E-state index >= 15 is 0 Å². The van der Waals surface area contributed by atoms with Crippen molar-refractivity contribution in [3.63, 3.8) is 0 Å². The van der Waals surface area contributed by atoms with Gasteiger partial charge in [0.25, 0.3) is 0 Å². The highest BCUT2D eigenvalue weighted by molar-refractivity contribution is 6.10. The standard InChI is InChI=1S/C21H22N4O/c1-2-18(26)13-5-8-15-16-11-22-19(9-12-3-4-12)25-20(16)21(23-14-6-7-14)24-17(15)10-13/h5,8,10-12,14H,2-4,6-7,9H2,1H3,(H,23,24). The average Bonchev–Trinajstić information content (AvgIpc) is 3.57. The number of rotatable bonds is 6. The summed E-state index contributed by atoms with van der Waals surface area (Å²) in [6.07, 6.45) is 8.33. The van der Waals surface area contributed by atoms with Crippen LogP contribution in [0.1, 0.15) is 55.2 Å². The van der Waals surface area contributed by atoms with Gasteiger partial charge in [0.2, 0.25) is 0 Å². The summed E-state index contributed by atoms with van der Waals surface area (Å²) in [5.41, 5.74) is 2.46. The van der Waals surface area contributed by atoms with E-state index in [0.29, 0.717) is 12.5 Å². The van der Waals surface area contributed by atoms with Crippen LogP contribution in [0.5, 0.6) is 0 Å². The highest BCUT2D eigenvalue weighted by Gasteiger charge is 2.25. The van der Waals surface area contributed by atoms with Gasteiger partial charge >= 0.3 is 0 Å². The number of ketones is 1. The molecular formula is C21H22N4O. The van der Waals surface area contributed by atoms with Gasteiger partial charge in [-0.3, -0.25) is 4.79 Å². The third-order valence-electron chi connectivity index (χ3n) is 5.31. The zero-order chi connectivity index (χ0) is 17.7. The number of carbonyl (C=O) groups excluding carboxylic acids is 1.